The van der Waals surface area contributed by atoms with Crippen LogP contribution < -0.4 is 9.22 Å². The second-order valence-electron chi connectivity index (χ2n) is 3.73. The molecule has 78 valence electrons. The van der Waals surface area contributed by atoms with Gasteiger partial charge in [0, 0.05) is 6.07 Å². The molecule has 0 spiro atoms. The second kappa shape index (κ2) is 4.47. The Morgan fingerprint density at radius 3 is 2.36 bits per heavy atom. The van der Waals surface area contributed by atoms with Gasteiger partial charge >= 0.3 is 0 Å². The van der Waals surface area contributed by atoms with Crippen LogP contribution in [0.5, 0.6) is 5.75 Å². The van der Waals surface area contributed by atoms with Crippen LogP contribution in [-0.2, 0) is 0 Å². The van der Waals surface area contributed by atoms with E-state index in [9.17, 15) is 0 Å². The fourth-order valence-corrected chi connectivity index (χ4v) is 1.54. The van der Waals surface area contributed by atoms with E-state index in [1.807, 2.05) is 6.07 Å². The lowest BCUT2D eigenvalue weighted by Gasteiger charge is -2.31. The second-order valence-corrected chi connectivity index (χ2v) is 3.73. The topological polar surface area (TPSA) is 9.23 Å². The van der Waals surface area contributed by atoms with E-state index in [0.29, 0.717) is 0 Å². The summed E-state index contributed by atoms with van der Waals surface area (Å²) in [5.41, 5.74) is 1.31. The molecule has 0 N–H and O–H groups in total. The lowest BCUT2D eigenvalue weighted by molar-refractivity contribution is 0.361. The minimum absolute atomic E-state index is 0.939. The molecule has 0 fully saturated rings. The first-order valence-corrected chi connectivity index (χ1v) is 5.15. The van der Waals surface area contributed by atoms with Gasteiger partial charge in [-0.15, -0.1) is 0 Å². The predicted molar refractivity (Wildman–Crippen MR) is 61.8 cm³/mol. The van der Waals surface area contributed by atoms with Crippen LogP contribution in [0, 0.1) is 0 Å². The average Bonchev–Trinajstić information content (AvgIpc) is 2.28. The molecule has 0 aliphatic heterocycles. The van der Waals surface area contributed by atoms with Crippen LogP contribution in [0.4, 0.5) is 5.69 Å². The van der Waals surface area contributed by atoms with Crippen LogP contribution in [0.2, 0.25) is 0 Å². The molecule has 0 saturated carbocycles. The van der Waals surface area contributed by atoms with Crippen molar-refractivity contribution in [2.75, 3.05) is 27.2 Å². The van der Waals surface area contributed by atoms with Gasteiger partial charge in [-0.2, -0.15) is 0 Å². The van der Waals surface area contributed by atoms with Gasteiger partial charge in [0.05, 0.1) is 27.2 Å². The molecular weight excluding hydrogens is 174 g/mol. The Hall–Kier alpha value is -1.02. The molecule has 0 amide bonds. The van der Waals surface area contributed by atoms with E-state index >= 15 is 0 Å². The van der Waals surface area contributed by atoms with Crippen molar-refractivity contribution in [3.05, 3.63) is 24.3 Å². The summed E-state index contributed by atoms with van der Waals surface area (Å²) in [6.07, 6.45) is 0. The van der Waals surface area contributed by atoms with Crippen molar-refractivity contribution in [3.8, 4) is 5.75 Å². The van der Waals surface area contributed by atoms with E-state index < -0.39 is 0 Å². The minimum Gasteiger partial charge on any atom is -0.497 e. The van der Waals surface area contributed by atoms with E-state index in [4.69, 9.17) is 4.74 Å². The summed E-state index contributed by atoms with van der Waals surface area (Å²) >= 11 is 0. The zero-order chi connectivity index (χ0) is 10.6. The monoisotopic (exact) mass is 194 g/mol. The number of quaternary nitrogens is 1. The summed E-state index contributed by atoms with van der Waals surface area (Å²) in [5.74, 6) is 0.939. The molecule has 2 heteroatoms. The largest absolute Gasteiger partial charge is 0.497 e. The average molecular weight is 194 g/mol. The van der Waals surface area contributed by atoms with Crippen molar-refractivity contribution in [2.24, 2.45) is 0 Å². The summed E-state index contributed by atoms with van der Waals surface area (Å²) in [5, 5.41) is 0. The SMILES string of the molecule is CC[N+](C)(CC)c1cccc(OC)c1. The number of ether oxygens (including phenoxy) is 1. The first kappa shape index (κ1) is 11.1. The quantitative estimate of drug-likeness (QED) is 0.670. The Kier molecular flexibility index (Phi) is 3.53. The third kappa shape index (κ3) is 2.07. The molecule has 0 atom stereocenters. The standard InChI is InChI=1S/C12H20NO/c1-5-13(3,6-2)11-8-7-9-12(10-11)14-4/h7-10H,5-6H2,1-4H3/q+1. The van der Waals surface area contributed by atoms with Crippen molar-refractivity contribution in [1.29, 1.82) is 0 Å². The van der Waals surface area contributed by atoms with Gasteiger partial charge < -0.3 is 4.74 Å². The minimum atomic E-state index is 0.939. The molecule has 14 heavy (non-hydrogen) atoms. The summed E-state index contributed by atoms with van der Waals surface area (Å²) in [4.78, 5) is 0. The molecule has 1 aromatic carbocycles. The smallest absolute Gasteiger partial charge is 0.136 e. The Morgan fingerprint density at radius 2 is 1.86 bits per heavy atom. The maximum absolute atomic E-state index is 5.23. The summed E-state index contributed by atoms with van der Waals surface area (Å²) in [6.45, 7) is 6.62. The molecular formula is C12H20NO+. The van der Waals surface area contributed by atoms with Crippen LogP contribution in [0.1, 0.15) is 13.8 Å². The van der Waals surface area contributed by atoms with Crippen LogP contribution in [0.15, 0.2) is 24.3 Å². The Bertz CT molecular complexity index is 292. The number of benzene rings is 1. The molecule has 0 saturated heterocycles. The molecule has 0 bridgehead atoms. The van der Waals surface area contributed by atoms with Gasteiger partial charge in [0.2, 0.25) is 0 Å². The van der Waals surface area contributed by atoms with E-state index in [2.05, 4.69) is 39.1 Å². The molecule has 0 unspecified atom stereocenters. The molecule has 0 heterocycles. The highest BCUT2D eigenvalue weighted by Crippen LogP contribution is 2.24. The highest BCUT2D eigenvalue weighted by molar-refractivity contribution is 5.47. The third-order valence-electron chi connectivity index (χ3n) is 3.07. The van der Waals surface area contributed by atoms with Gasteiger partial charge in [-0.1, -0.05) is 6.07 Å². The van der Waals surface area contributed by atoms with E-state index in [1.54, 1.807) is 7.11 Å². The zero-order valence-electron chi connectivity index (χ0n) is 9.58. The van der Waals surface area contributed by atoms with Crippen LogP contribution in [0.3, 0.4) is 0 Å². The van der Waals surface area contributed by atoms with Crippen molar-refractivity contribution < 1.29 is 4.74 Å². The van der Waals surface area contributed by atoms with Crippen molar-refractivity contribution >= 4 is 5.69 Å². The van der Waals surface area contributed by atoms with Crippen LogP contribution in [0.25, 0.3) is 0 Å². The normalized spacial score (nSPS) is 11.4. The molecule has 0 aromatic heterocycles. The Labute approximate surface area is 86.7 Å². The zero-order valence-corrected chi connectivity index (χ0v) is 9.58. The first-order valence-electron chi connectivity index (χ1n) is 5.15. The molecule has 0 radical (unpaired) electrons. The van der Waals surface area contributed by atoms with Gasteiger partial charge in [-0.05, 0) is 26.0 Å². The van der Waals surface area contributed by atoms with Gasteiger partial charge in [0.1, 0.15) is 11.4 Å². The lowest BCUT2D eigenvalue weighted by Crippen LogP contribution is -2.44. The van der Waals surface area contributed by atoms with E-state index in [0.717, 1.165) is 23.3 Å². The van der Waals surface area contributed by atoms with Crippen LogP contribution >= 0.6 is 0 Å². The number of hydrogen-bond acceptors (Lipinski definition) is 1. The number of methoxy groups -OCH3 is 1. The number of rotatable bonds is 4. The van der Waals surface area contributed by atoms with E-state index in [-0.39, 0.29) is 0 Å². The van der Waals surface area contributed by atoms with Crippen molar-refractivity contribution in [1.82, 2.24) is 4.48 Å². The third-order valence-corrected chi connectivity index (χ3v) is 3.07. The summed E-state index contributed by atoms with van der Waals surface area (Å²) in [7, 11) is 3.95. The lowest BCUT2D eigenvalue weighted by atomic mass is 10.2. The van der Waals surface area contributed by atoms with Crippen molar-refractivity contribution in [2.45, 2.75) is 13.8 Å². The van der Waals surface area contributed by atoms with Gasteiger partial charge in [0.25, 0.3) is 0 Å². The van der Waals surface area contributed by atoms with Gasteiger partial charge in [-0.3, -0.25) is 4.48 Å². The molecule has 1 aromatic rings. The summed E-state index contributed by atoms with van der Waals surface area (Å²) < 4.78 is 6.18. The maximum Gasteiger partial charge on any atom is 0.136 e. The Balaban J connectivity index is 3.04. The maximum atomic E-state index is 5.23. The molecule has 0 aliphatic rings. The number of nitrogens with zero attached hydrogens (tertiary/aromatic N) is 1. The first-order chi connectivity index (χ1) is 6.66. The van der Waals surface area contributed by atoms with E-state index in [1.165, 1.54) is 5.69 Å². The highest BCUT2D eigenvalue weighted by Gasteiger charge is 2.20. The predicted octanol–water partition coefficient (Wildman–Crippen LogP) is 2.67. The fraction of sp³-hybridized carbons (Fsp3) is 0.500. The molecule has 1 rings (SSSR count). The Morgan fingerprint density at radius 1 is 1.21 bits per heavy atom. The fourth-order valence-electron chi connectivity index (χ4n) is 1.54. The van der Waals surface area contributed by atoms with Gasteiger partial charge in [-0.25, -0.2) is 0 Å². The molecule has 0 aliphatic carbocycles. The molecule has 2 nitrogen and oxygen atoms in total. The van der Waals surface area contributed by atoms with Gasteiger partial charge in [0.15, 0.2) is 0 Å². The summed E-state index contributed by atoms with van der Waals surface area (Å²) in [6, 6.07) is 8.32. The highest BCUT2D eigenvalue weighted by atomic mass is 16.5. The van der Waals surface area contributed by atoms with Crippen LogP contribution in [-0.4, -0.2) is 27.2 Å². The number of hydrogen-bond donors (Lipinski definition) is 0. The van der Waals surface area contributed by atoms with Crippen molar-refractivity contribution in [3.63, 3.8) is 0 Å².